The predicted molar refractivity (Wildman–Crippen MR) is 91.5 cm³/mol. The van der Waals surface area contributed by atoms with Crippen LogP contribution in [0.2, 0.25) is 0 Å². The van der Waals surface area contributed by atoms with Crippen molar-refractivity contribution in [3.05, 3.63) is 75.3 Å². The molecule has 0 saturated heterocycles. The van der Waals surface area contributed by atoms with E-state index < -0.39 is 34.9 Å². The van der Waals surface area contributed by atoms with Gasteiger partial charge in [0.05, 0.1) is 16.5 Å². The van der Waals surface area contributed by atoms with Crippen LogP contribution >= 0.6 is 0 Å². The van der Waals surface area contributed by atoms with Gasteiger partial charge in [-0.25, -0.2) is 0 Å². The number of fused-ring (bicyclic) bond motifs is 1. The molecule has 26 heavy (non-hydrogen) atoms. The fraction of sp³-hybridized carbons (Fsp3) is 0.167. The molecule has 0 saturated carbocycles. The SMILES string of the molecule is CC(NC(=O)CN1C(=O)c2cccc([N+](=O)[O-])c2C1=O)c1ccccc1. The molecule has 132 valence electrons. The summed E-state index contributed by atoms with van der Waals surface area (Å²) >= 11 is 0. The van der Waals surface area contributed by atoms with Crippen LogP contribution in [0.25, 0.3) is 0 Å². The van der Waals surface area contributed by atoms with Crippen LogP contribution in [0.4, 0.5) is 5.69 Å². The van der Waals surface area contributed by atoms with Crippen molar-refractivity contribution in [1.29, 1.82) is 0 Å². The monoisotopic (exact) mass is 353 g/mol. The number of hydrogen-bond donors (Lipinski definition) is 1. The second-order valence-electron chi connectivity index (χ2n) is 5.85. The van der Waals surface area contributed by atoms with Crippen LogP contribution < -0.4 is 5.32 Å². The Morgan fingerprint density at radius 2 is 1.81 bits per heavy atom. The van der Waals surface area contributed by atoms with Crippen LogP contribution in [0.3, 0.4) is 0 Å². The van der Waals surface area contributed by atoms with Crippen molar-refractivity contribution in [2.75, 3.05) is 6.54 Å². The first-order chi connectivity index (χ1) is 12.4. The van der Waals surface area contributed by atoms with E-state index >= 15 is 0 Å². The summed E-state index contributed by atoms with van der Waals surface area (Å²) in [6.45, 7) is 1.28. The van der Waals surface area contributed by atoms with Crippen molar-refractivity contribution in [1.82, 2.24) is 10.2 Å². The van der Waals surface area contributed by atoms with Gasteiger partial charge >= 0.3 is 0 Å². The van der Waals surface area contributed by atoms with E-state index in [0.29, 0.717) is 0 Å². The Morgan fingerprint density at radius 3 is 2.46 bits per heavy atom. The highest BCUT2D eigenvalue weighted by Crippen LogP contribution is 2.30. The summed E-state index contributed by atoms with van der Waals surface area (Å²) in [4.78, 5) is 48.2. The molecule has 1 aliphatic heterocycles. The van der Waals surface area contributed by atoms with Gasteiger partial charge in [0, 0.05) is 6.07 Å². The molecule has 1 atom stereocenters. The van der Waals surface area contributed by atoms with E-state index in [-0.39, 0.29) is 17.2 Å². The zero-order valence-corrected chi connectivity index (χ0v) is 13.8. The molecular formula is C18H15N3O5. The maximum atomic E-state index is 12.4. The lowest BCUT2D eigenvalue weighted by molar-refractivity contribution is -0.385. The third-order valence-electron chi connectivity index (χ3n) is 4.15. The Bertz CT molecular complexity index is 910. The predicted octanol–water partition coefficient (Wildman–Crippen LogP) is 2.07. The zero-order valence-electron chi connectivity index (χ0n) is 13.8. The minimum Gasteiger partial charge on any atom is -0.348 e. The van der Waals surface area contributed by atoms with E-state index in [1.165, 1.54) is 12.1 Å². The van der Waals surface area contributed by atoms with Crippen LogP contribution in [0.5, 0.6) is 0 Å². The number of nitrogens with one attached hydrogen (secondary N) is 1. The molecule has 0 fully saturated rings. The molecule has 0 aromatic heterocycles. The first-order valence-corrected chi connectivity index (χ1v) is 7.88. The van der Waals surface area contributed by atoms with Crippen LogP contribution in [-0.4, -0.2) is 34.1 Å². The minimum absolute atomic E-state index is 0.0619. The molecule has 2 aromatic rings. The number of nitro benzene ring substituents is 1. The van der Waals surface area contributed by atoms with Crippen molar-refractivity contribution < 1.29 is 19.3 Å². The second kappa shape index (κ2) is 6.75. The Balaban J connectivity index is 1.76. The molecule has 8 nitrogen and oxygen atoms in total. The number of rotatable bonds is 5. The summed E-state index contributed by atoms with van der Waals surface area (Å²) in [7, 11) is 0. The molecule has 2 aromatic carbocycles. The highest BCUT2D eigenvalue weighted by Gasteiger charge is 2.41. The third kappa shape index (κ3) is 3.04. The topological polar surface area (TPSA) is 110 Å². The zero-order chi connectivity index (χ0) is 18.8. The van der Waals surface area contributed by atoms with Crippen LogP contribution in [-0.2, 0) is 4.79 Å². The number of amides is 3. The van der Waals surface area contributed by atoms with Crippen molar-refractivity contribution in [2.45, 2.75) is 13.0 Å². The summed E-state index contributed by atoms with van der Waals surface area (Å²) in [5.74, 6) is -2.07. The van der Waals surface area contributed by atoms with Gasteiger partial charge in [-0.3, -0.25) is 29.4 Å². The molecule has 0 spiro atoms. The van der Waals surface area contributed by atoms with Crippen molar-refractivity contribution >= 4 is 23.4 Å². The standard InChI is InChI=1S/C18H15N3O5/c1-11(12-6-3-2-4-7-12)19-15(22)10-20-17(23)13-8-5-9-14(21(25)26)16(13)18(20)24/h2-9,11H,10H2,1H3,(H,19,22). The first kappa shape index (κ1) is 17.3. The molecule has 0 radical (unpaired) electrons. The number of nitrogens with zero attached hydrogens (tertiary/aromatic N) is 2. The van der Waals surface area contributed by atoms with Crippen LogP contribution in [0.1, 0.15) is 39.2 Å². The van der Waals surface area contributed by atoms with Gasteiger partial charge in [0.25, 0.3) is 17.5 Å². The lowest BCUT2D eigenvalue weighted by Gasteiger charge is -2.17. The lowest BCUT2D eigenvalue weighted by Crippen LogP contribution is -2.41. The Hall–Kier alpha value is -3.55. The summed E-state index contributed by atoms with van der Waals surface area (Å²) < 4.78 is 0. The van der Waals surface area contributed by atoms with E-state index in [4.69, 9.17) is 0 Å². The van der Waals surface area contributed by atoms with E-state index in [9.17, 15) is 24.5 Å². The molecule has 3 amide bonds. The summed E-state index contributed by atoms with van der Waals surface area (Å²) in [5.41, 5.74) is 0.0970. The number of hydrogen-bond acceptors (Lipinski definition) is 5. The van der Waals surface area contributed by atoms with Gasteiger partial charge in [-0.2, -0.15) is 0 Å². The van der Waals surface area contributed by atoms with Gasteiger partial charge in [0.15, 0.2) is 0 Å². The molecule has 0 aliphatic carbocycles. The van der Waals surface area contributed by atoms with E-state index in [2.05, 4.69) is 5.32 Å². The average Bonchev–Trinajstić information content (AvgIpc) is 2.87. The smallest absolute Gasteiger partial charge is 0.282 e. The number of carbonyl (C=O) groups is 3. The van der Waals surface area contributed by atoms with E-state index in [1.807, 2.05) is 30.3 Å². The highest BCUT2D eigenvalue weighted by atomic mass is 16.6. The summed E-state index contributed by atoms with van der Waals surface area (Å²) in [6.07, 6.45) is 0. The first-order valence-electron chi connectivity index (χ1n) is 7.88. The molecule has 1 unspecified atom stereocenters. The molecular weight excluding hydrogens is 338 g/mol. The highest BCUT2D eigenvalue weighted by molar-refractivity contribution is 6.24. The van der Waals surface area contributed by atoms with Crippen molar-refractivity contribution in [2.24, 2.45) is 0 Å². The number of benzene rings is 2. The maximum Gasteiger partial charge on any atom is 0.282 e. The quantitative estimate of drug-likeness (QED) is 0.503. The van der Waals surface area contributed by atoms with Gasteiger partial charge in [-0.1, -0.05) is 36.4 Å². The van der Waals surface area contributed by atoms with Crippen LogP contribution in [0.15, 0.2) is 48.5 Å². The molecule has 1 heterocycles. The molecule has 1 aliphatic rings. The molecule has 0 bridgehead atoms. The summed E-state index contributed by atoms with van der Waals surface area (Å²) in [6, 6.07) is 12.7. The van der Waals surface area contributed by atoms with Gasteiger partial charge in [0.1, 0.15) is 12.1 Å². The Labute approximate surface area is 148 Å². The number of nitro groups is 1. The fourth-order valence-electron chi connectivity index (χ4n) is 2.87. The maximum absolute atomic E-state index is 12.4. The van der Waals surface area contributed by atoms with Crippen molar-refractivity contribution in [3.63, 3.8) is 0 Å². The van der Waals surface area contributed by atoms with Crippen molar-refractivity contribution in [3.8, 4) is 0 Å². The van der Waals surface area contributed by atoms with Gasteiger partial charge in [-0.05, 0) is 18.6 Å². The molecule has 3 rings (SSSR count). The lowest BCUT2D eigenvalue weighted by atomic mass is 10.1. The van der Waals surface area contributed by atoms with E-state index in [0.717, 1.165) is 16.5 Å². The van der Waals surface area contributed by atoms with Crippen LogP contribution in [0, 0.1) is 10.1 Å². The Kier molecular flexibility index (Phi) is 4.49. The van der Waals surface area contributed by atoms with E-state index in [1.54, 1.807) is 6.92 Å². The molecule has 8 heteroatoms. The normalized spacial score (nSPS) is 14.1. The third-order valence-corrected chi connectivity index (χ3v) is 4.15. The number of carbonyl (C=O) groups excluding carboxylic acids is 3. The summed E-state index contributed by atoms with van der Waals surface area (Å²) in [5, 5.41) is 13.8. The van der Waals surface area contributed by atoms with Gasteiger partial charge in [-0.15, -0.1) is 0 Å². The van der Waals surface area contributed by atoms with Gasteiger partial charge < -0.3 is 5.32 Å². The number of imide groups is 1. The largest absolute Gasteiger partial charge is 0.348 e. The fourth-order valence-corrected chi connectivity index (χ4v) is 2.87. The Morgan fingerprint density at radius 1 is 1.12 bits per heavy atom. The van der Waals surface area contributed by atoms with Gasteiger partial charge in [0.2, 0.25) is 5.91 Å². The molecule has 1 N–H and O–H groups in total. The second-order valence-corrected chi connectivity index (χ2v) is 5.85. The average molecular weight is 353 g/mol. The minimum atomic E-state index is -0.834.